The normalized spacial score (nSPS) is 10.3. The van der Waals surface area contributed by atoms with Crippen LogP contribution in [0, 0.1) is 0 Å². The van der Waals surface area contributed by atoms with Crippen LogP contribution in [0.2, 0.25) is 5.02 Å². The molecule has 0 saturated carbocycles. The van der Waals surface area contributed by atoms with Crippen LogP contribution in [0.4, 0.5) is 0 Å². The number of rotatable bonds is 3. The van der Waals surface area contributed by atoms with E-state index in [0.29, 0.717) is 22.1 Å². The first-order chi connectivity index (χ1) is 8.20. The van der Waals surface area contributed by atoms with Gasteiger partial charge in [0.1, 0.15) is 5.75 Å². The Morgan fingerprint density at radius 3 is 2.82 bits per heavy atom. The number of aromatic nitrogens is 2. The van der Waals surface area contributed by atoms with Gasteiger partial charge in [0.25, 0.3) is 0 Å². The summed E-state index contributed by atoms with van der Waals surface area (Å²) < 4.78 is 5.93. The van der Waals surface area contributed by atoms with Crippen molar-refractivity contribution in [2.24, 2.45) is 0 Å². The molecule has 0 amide bonds. The van der Waals surface area contributed by atoms with Gasteiger partial charge in [-0.15, -0.1) is 0 Å². The van der Waals surface area contributed by atoms with E-state index in [1.165, 1.54) is 0 Å². The van der Waals surface area contributed by atoms with Crippen LogP contribution in [0.3, 0.4) is 0 Å². The predicted octanol–water partition coefficient (Wildman–Crippen LogP) is 3.96. The summed E-state index contributed by atoms with van der Waals surface area (Å²) in [7, 11) is 0. The van der Waals surface area contributed by atoms with Gasteiger partial charge in [-0.1, -0.05) is 11.6 Å². The smallest absolute Gasteiger partial charge is 0.197 e. The topological polar surface area (TPSA) is 35.0 Å². The number of hydrogen-bond acceptors (Lipinski definition) is 3. The second-order valence-electron chi connectivity index (χ2n) is 3.29. The molecule has 0 unspecified atom stereocenters. The second-order valence-corrected chi connectivity index (χ2v) is 4.41. The van der Waals surface area contributed by atoms with E-state index >= 15 is 0 Å². The molecule has 2 rings (SSSR count). The van der Waals surface area contributed by atoms with Crippen molar-refractivity contribution in [2.45, 2.75) is 6.92 Å². The number of hydrogen-bond donors (Lipinski definition) is 0. The summed E-state index contributed by atoms with van der Waals surface area (Å²) in [5.41, 5.74) is 1.75. The average molecular weight is 314 g/mol. The zero-order valence-corrected chi connectivity index (χ0v) is 11.5. The van der Waals surface area contributed by atoms with E-state index in [2.05, 4.69) is 25.9 Å². The molecule has 0 N–H and O–H groups in total. The van der Waals surface area contributed by atoms with E-state index in [0.717, 1.165) is 11.3 Å². The van der Waals surface area contributed by atoms with Crippen molar-refractivity contribution < 1.29 is 4.74 Å². The SMILES string of the molecule is CCOc1ccc(-c2ccnc(Br)n2)cc1Cl. The van der Waals surface area contributed by atoms with E-state index in [9.17, 15) is 0 Å². The first-order valence-corrected chi connectivity index (χ1v) is 6.29. The second kappa shape index (κ2) is 5.47. The standard InChI is InChI=1S/C12H10BrClN2O/c1-2-17-11-4-3-8(7-9(11)14)10-5-6-15-12(13)16-10/h3-7H,2H2,1H3. The maximum absolute atomic E-state index is 6.12. The highest BCUT2D eigenvalue weighted by Gasteiger charge is 2.05. The van der Waals surface area contributed by atoms with E-state index in [1.807, 2.05) is 31.2 Å². The van der Waals surface area contributed by atoms with E-state index in [4.69, 9.17) is 16.3 Å². The molecule has 2 aromatic rings. The van der Waals surface area contributed by atoms with Gasteiger partial charge in [-0.3, -0.25) is 0 Å². The van der Waals surface area contributed by atoms with Gasteiger partial charge in [0, 0.05) is 11.8 Å². The van der Waals surface area contributed by atoms with Gasteiger partial charge in [0.2, 0.25) is 0 Å². The summed E-state index contributed by atoms with van der Waals surface area (Å²) in [6.07, 6.45) is 1.69. The van der Waals surface area contributed by atoms with Crippen molar-refractivity contribution in [2.75, 3.05) is 6.61 Å². The zero-order chi connectivity index (χ0) is 12.3. The van der Waals surface area contributed by atoms with Crippen LogP contribution in [-0.4, -0.2) is 16.6 Å². The molecule has 1 aromatic heterocycles. The lowest BCUT2D eigenvalue weighted by Gasteiger charge is -2.07. The van der Waals surface area contributed by atoms with Gasteiger partial charge in [0.15, 0.2) is 4.73 Å². The summed E-state index contributed by atoms with van der Waals surface area (Å²) in [5, 5.41) is 0.582. The summed E-state index contributed by atoms with van der Waals surface area (Å²) in [6.45, 7) is 2.52. The fourth-order valence-corrected chi connectivity index (χ4v) is 1.97. The minimum Gasteiger partial charge on any atom is -0.492 e. The largest absolute Gasteiger partial charge is 0.492 e. The molecule has 0 aliphatic heterocycles. The van der Waals surface area contributed by atoms with Crippen LogP contribution < -0.4 is 4.74 Å². The van der Waals surface area contributed by atoms with Crippen LogP contribution >= 0.6 is 27.5 Å². The quantitative estimate of drug-likeness (QED) is 0.805. The fourth-order valence-electron chi connectivity index (χ4n) is 1.43. The highest BCUT2D eigenvalue weighted by Crippen LogP contribution is 2.29. The first-order valence-electron chi connectivity index (χ1n) is 5.12. The molecule has 3 nitrogen and oxygen atoms in total. The first kappa shape index (κ1) is 12.3. The Hall–Kier alpha value is -1.13. The molecule has 5 heteroatoms. The van der Waals surface area contributed by atoms with Crippen LogP contribution in [0.1, 0.15) is 6.92 Å². The Bertz CT molecular complexity index is 534. The molecule has 0 saturated heterocycles. The third-order valence-corrected chi connectivity index (χ3v) is 2.83. The molecular formula is C12H10BrClN2O. The van der Waals surface area contributed by atoms with Gasteiger partial charge >= 0.3 is 0 Å². The lowest BCUT2D eigenvalue weighted by Crippen LogP contribution is -1.93. The summed E-state index contributed by atoms with van der Waals surface area (Å²) in [4.78, 5) is 8.25. The van der Waals surface area contributed by atoms with Crippen molar-refractivity contribution >= 4 is 27.5 Å². The minimum absolute atomic E-state index is 0.556. The molecule has 1 heterocycles. The molecule has 0 fully saturated rings. The number of halogens is 2. The highest BCUT2D eigenvalue weighted by molar-refractivity contribution is 9.10. The highest BCUT2D eigenvalue weighted by atomic mass is 79.9. The van der Waals surface area contributed by atoms with E-state index < -0.39 is 0 Å². The van der Waals surface area contributed by atoms with Gasteiger partial charge in [-0.05, 0) is 47.1 Å². The Balaban J connectivity index is 2.37. The molecule has 17 heavy (non-hydrogen) atoms. The van der Waals surface area contributed by atoms with Crippen molar-refractivity contribution in [3.05, 3.63) is 40.2 Å². The van der Waals surface area contributed by atoms with Gasteiger partial charge in [-0.2, -0.15) is 0 Å². The molecule has 0 radical (unpaired) electrons. The monoisotopic (exact) mass is 312 g/mol. The number of benzene rings is 1. The molecule has 0 spiro atoms. The molecule has 1 aromatic carbocycles. The molecule has 0 bridgehead atoms. The van der Waals surface area contributed by atoms with Crippen LogP contribution in [0.5, 0.6) is 5.75 Å². The summed E-state index contributed by atoms with van der Waals surface area (Å²) >= 11 is 9.36. The van der Waals surface area contributed by atoms with Crippen LogP contribution in [0.15, 0.2) is 35.2 Å². The minimum atomic E-state index is 0.556. The fraction of sp³-hybridized carbons (Fsp3) is 0.167. The van der Waals surface area contributed by atoms with Crippen LogP contribution in [0.25, 0.3) is 11.3 Å². The molecule has 0 aliphatic rings. The van der Waals surface area contributed by atoms with Gasteiger partial charge in [0.05, 0.1) is 17.3 Å². The van der Waals surface area contributed by atoms with Crippen molar-refractivity contribution in [3.63, 3.8) is 0 Å². The number of nitrogens with zero attached hydrogens (tertiary/aromatic N) is 2. The van der Waals surface area contributed by atoms with E-state index in [1.54, 1.807) is 6.20 Å². The summed E-state index contributed by atoms with van der Waals surface area (Å²) in [6, 6.07) is 7.43. The Kier molecular flexibility index (Phi) is 3.97. The van der Waals surface area contributed by atoms with Gasteiger partial charge in [-0.25, -0.2) is 9.97 Å². The van der Waals surface area contributed by atoms with Gasteiger partial charge < -0.3 is 4.74 Å². The number of ether oxygens (including phenoxy) is 1. The van der Waals surface area contributed by atoms with Crippen molar-refractivity contribution in [1.82, 2.24) is 9.97 Å². The maximum atomic E-state index is 6.12. The molecule has 88 valence electrons. The lowest BCUT2D eigenvalue weighted by atomic mass is 10.1. The third kappa shape index (κ3) is 2.96. The predicted molar refractivity (Wildman–Crippen MR) is 71.3 cm³/mol. The molecule has 0 aliphatic carbocycles. The lowest BCUT2D eigenvalue weighted by molar-refractivity contribution is 0.340. The molecular weight excluding hydrogens is 304 g/mol. The van der Waals surface area contributed by atoms with Crippen LogP contribution in [-0.2, 0) is 0 Å². The Labute approximate surface area is 113 Å². The maximum Gasteiger partial charge on any atom is 0.197 e. The zero-order valence-electron chi connectivity index (χ0n) is 9.15. The Morgan fingerprint density at radius 1 is 1.35 bits per heavy atom. The molecule has 0 atom stereocenters. The van der Waals surface area contributed by atoms with Crippen molar-refractivity contribution in [1.29, 1.82) is 0 Å². The van der Waals surface area contributed by atoms with Crippen molar-refractivity contribution in [3.8, 4) is 17.0 Å². The van der Waals surface area contributed by atoms with E-state index in [-0.39, 0.29) is 0 Å². The Morgan fingerprint density at radius 2 is 2.18 bits per heavy atom. The average Bonchev–Trinajstić information content (AvgIpc) is 2.32. The third-order valence-electron chi connectivity index (χ3n) is 2.15. The summed E-state index contributed by atoms with van der Waals surface area (Å²) in [5.74, 6) is 0.686.